The van der Waals surface area contributed by atoms with Crippen molar-refractivity contribution in [2.75, 3.05) is 33.9 Å². The molecular formula is C16H23NO4. The van der Waals surface area contributed by atoms with E-state index < -0.39 is 0 Å². The summed E-state index contributed by atoms with van der Waals surface area (Å²) < 4.78 is 23.3. The number of rotatable bonds is 4. The predicted molar refractivity (Wildman–Crippen MR) is 79.4 cm³/mol. The van der Waals surface area contributed by atoms with Crippen LogP contribution in [0, 0.1) is 0 Å². The molecule has 0 aliphatic carbocycles. The Morgan fingerprint density at radius 3 is 2.81 bits per heavy atom. The highest BCUT2D eigenvalue weighted by Crippen LogP contribution is 2.51. The molecule has 1 aromatic carbocycles. The Kier molecular flexibility index (Phi) is 3.95. The zero-order valence-corrected chi connectivity index (χ0v) is 12.9. The lowest BCUT2D eigenvalue weighted by molar-refractivity contribution is -0.0369. The molecule has 2 aliphatic heterocycles. The first-order valence-electron chi connectivity index (χ1n) is 7.49. The van der Waals surface area contributed by atoms with Crippen molar-refractivity contribution in [2.24, 2.45) is 0 Å². The number of benzene rings is 1. The monoisotopic (exact) mass is 293 g/mol. The summed E-state index contributed by atoms with van der Waals surface area (Å²) >= 11 is 0. The molecule has 0 radical (unpaired) electrons. The molecule has 1 saturated heterocycles. The van der Waals surface area contributed by atoms with Crippen LogP contribution in [0.15, 0.2) is 12.1 Å². The molecule has 5 heteroatoms. The van der Waals surface area contributed by atoms with Crippen LogP contribution in [0.4, 0.5) is 0 Å². The molecule has 0 aromatic heterocycles. The number of ether oxygens (including phenoxy) is 4. The third-order valence-corrected chi connectivity index (χ3v) is 4.33. The second-order valence-corrected chi connectivity index (χ2v) is 5.58. The van der Waals surface area contributed by atoms with Crippen molar-refractivity contribution in [1.82, 2.24) is 5.32 Å². The highest BCUT2D eigenvalue weighted by molar-refractivity contribution is 5.57. The van der Waals surface area contributed by atoms with Gasteiger partial charge in [-0.3, -0.25) is 0 Å². The molecule has 0 amide bonds. The fourth-order valence-corrected chi connectivity index (χ4v) is 3.31. The van der Waals surface area contributed by atoms with Gasteiger partial charge < -0.3 is 24.3 Å². The normalized spacial score (nSPS) is 27.3. The molecule has 0 bridgehead atoms. The number of hydrogen-bond donors (Lipinski definition) is 1. The summed E-state index contributed by atoms with van der Waals surface area (Å²) in [5.74, 6) is 2.12. The quantitative estimate of drug-likeness (QED) is 0.923. The van der Waals surface area contributed by atoms with Crippen LogP contribution < -0.4 is 19.5 Å². The van der Waals surface area contributed by atoms with E-state index in [1.807, 2.05) is 19.1 Å². The van der Waals surface area contributed by atoms with Crippen molar-refractivity contribution in [3.63, 3.8) is 0 Å². The molecule has 2 aliphatic rings. The van der Waals surface area contributed by atoms with Crippen molar-refractivity contribution >= 4 is 0 Å². The highest BCUT2D eigenvalue weighted by atomic mass is 16.6. The Labute approximate surface area is 125 Å². The molecule has 1 spiro atoms. The topological polar surface area (TPSA) is 49.0 Å². The SMILES string of the molecule is CCOC1CC2(CCNC2)Oc2c1ccc(OC)c2OC. The van der Waals surface area contributed by atoms with Gasteiger partial charge in [-0.25, -0.2) is 0 Å². The van der Waals surface area contributed by atoms with Gasteiger partial charge in [-0.15, -0.1) is 0 Å². The van der Waals surface area contributed by atoms with E-state index in [9.17, 15) is 0 Å². The summed E-state index contributed by atoms with van der Waals surface area (Å²) in [6.45, 7) is 4.52. The van der Waals surface area contributed by atoms with Crippen molar-refractivity contribution in [2.45, 2.75) is 31.5 Å². The lowest BCUT2D eigenvalue weighted by Crippen LogP contribution is -2.43. The molecule has 21 heavy (non-hydrogen) atoms. The van der Waals surface area contributed by atoms with Gasteiger partial charge in [0.1, 0.15) is 5.60 Å². The number of nitrogens with one attached hydrogen (secondary N) is 1. The van der Waals surface area contributed by atoms with E-state index in [2.05, 4.69) is 5.32 Å². The average Bonchev–Trinajstić information content (AvgIpc) is 2.94. The zero-order valence-electron chi connectivity index (χ0n) is 12.9. The smallest absolute Gasteiger partial charge is 0.203 e. The number of hydrogen-bond acceptors (Lipinski definition) is 5. The van der Waals surface area contributed by atoms with E-state index in [0.717, 1.165) is 37.2 Å². The Balaban J connectivity index is 2.06. The molecule has 2 heterocycles. The fourth-order valence-electron chi connectivity index (χ4n) is 3.31. The maximum atomic E-state index is 6.37. The molecule has 1 fully saturated rings. The average molecular weight is 293 g/mol. The van der Waals surface area contributed by atoms with Crippen LogP contribution in [0.25, 0.3) is 0 Å². The van der Waals surface area contributed by atoms with Crippen molar-refractivity contribution in [3.05, 3.63) is 17.7 Å². The third-order valence-electron chi connectivity index (χ3n) is 4.33. The van der Waals surface area contributed by atoms with Gasteiger partial charge in [0, 0.05) is 31.6 Å². The zero-order chi connectivity index (χ0) is 14.9. The molecular weight excluding hydrogens is 270 g/mol. The molecule has 1 N–H and O–H groups in total. The van der Waals surface area contributed by atoms with Crippen molar-refractivity contribution in [3.8, 4) is 17.2 Å². The Morgan fingerprint density at radius 1 is 1.33 bits per heavy atom. The highest BCUT2D eigenvalue weighted by Gasteiger charge is 2.45. The minimum atomic E-state index is -0.202. The second kappa shape index (κ2) is 5.73. The van der Waals surface area contributed by atoms with E-state index in [1.54, 1.807) is 14.2 Å². The van der Waals surface area contributed by atoms with Crippen LogP contribution in [0.2, 0.25) is 0 Å². The minimum Gasteiger partial charge on any atom is -0.493 e. The van der Waals surface area contributed by atoms with Crippen LogP contribution in [0.1, 0.15) is 31.4 Å². The first-order valence-corrected chi connectivity index (χ1v) is 7.49. The fraction of sp³-hybridized carbons (Fsp3) is 0.625. The summed E-state index contributed by atoms with van der Waals surface area (Å²) in [5, 5.41) is 3.39. The second-order valence-electron chi connectivity index (χ2n) is 5.58. The molecule has 116 valence electrons. The molecule has 0 saturated carbocycles. The van der Waals surface area contributed by atoms with Crippen LogP contribution in [0.5, 0.6) is 17.2 Å². The van der Waals surface area contributed by atoms with E-state index >= 15 is 0 Å². The van der Waals surface area contributed by atoms with Gasteiger partial charge >= 0.3 is 0 Å². The molecule has 2 atom stereocenters. The van der Waals surface area contributed by atoms with E-state index in [0.29, 0.717) is 18.1 Å². The molecule has 3 rings (SSSR count). The van der Waals surface area contributed by atoms with Gasteiger partial charge in [0.2, 0.25) is 5.75 Å². The molecule has 1 aromatic rings. The number of fused-ring (bicyclic) bond motifs is 1. The minimum absolute atomic E-state index is 0.0402. The van der Waals surface area contributed by atoms with Crippen LogP contribution in [0.3, 0.4) is 0 Å². The molecule has 5 nitrogen and oxygen atoms in total. The van der Waals surface area contributed by atoms with E-state index in [-0.39, 0.29) is 11.7 Å². The van der Waals surface area contributed by atoms with Crippen molar-refractivity contribution in [1.29, 1.82) is 0 Å². The summed E-state index contributed by atoms with van der Waals surface area (Å²) in [6.07, 6.45) is 1.89. The number of methoxy groups -OCH3 is 2. The van der Waals surface area contributed by atoms with Gasteiger partial charge in [-0.1, -0.05) is 0 Å². The van der Waals surface area contributed by atoms with E-state index in [4.69, 9.17) is 18.9 Å². The van der Waals surface area contributed by atoms with Gasteiger partial charge in [-0.05, 0) is 25.6 Å². The van der Waals surface area contributed by atoms with E-state index in [1.165, 1.54) is 0 Å². The summed E-state index contributed by atoms with van der Waals surface area (Å²) in [5.41, 5.74) is 0.846. The molecule has 2 unspecified atom stereocenters. The summed E-state index contributed by atoms with van der Waals surface area (Å²) in [4.78, 5) is 0. The van der Waals surface area contributed by atoms with Crippen molar-refractivity contribution < 1.29 is 18.9 Å². The van der Waals surface area contributed by atoms with Crippen LogP contribution in [-0.2, 0) is 4.74 Å². The van der Waals surface area contributed by atoms with Gasteiger partial charge in [0.05, 0.1) is 20.3 Å². The van der Waals surface area contributed by atoms with Crippen LogP contribution in [-0.4, -0.2) is 39.5 Å². The standard InChI is InChI=1S/C16H23NO4/c1-4-20-13-9-16(7-8-17-10-16)21-14-11(13)5-6-12(18-2)15(14)19-3/h5-6,13,17H,4,7-10H2,1-3H3. The largest absolute Gasteiger partial charge is 0.493 e. The third kappa shape index (κ3) is 2.45. The Bertz CT molecular complexity index is 511. The van der Waals surface area contributed by atoms with Gasteiger partial charge in [0.25, 0.3) is 0 Å². The summed E-state index contributed by atoms with van der Waals surface area (Å²) in [7, 11) is 3.28. The summed E-state index contributed by atoms with van der Waals surface area (Å²) in [6, 6.07) is 3.93. The maximum Gasteiger partial charge on any atom is 0.203 e. The van der Waals surface area contributed by atoms with Gasteiger partial charge in [-0.2, -0.15) is 0 Å². The maximum absolute atomic E-state index is 6.37. The predicted octanol–water partition coefficient (Wildman–Crippen LogP) is 2.30. The lowest BCUT2D eigenvalue weighted by atomic mass is 9.87. The Hall–Kier alpha value is -1.46. The first-order chi connectivity index (χ1) is 10.2. The van der Waals surface area contributed by atoms with Gasteiger partial charge in [0.15, 0.2) is 11.5 Å². The van der Waals surface area contributed by atoms with Crippen LogP contribution >= 0.6 is 0 Å². The lowest BCUT2D eigenvalue weighted by Gasteiger charge is -2.39. The Morgan fingerprint density at radius 2 is 2.19 bits per heavy atom. The first kappa shape index (κ1) is 14.5.